The summed E-state index contributed by atoms with van der Waals surface area (Å²) in [6.45, 7) is -0.525. The van der Waals surface area contributed by atoms with Crippen molar-refractivity contribution < 1.29 is 22.0 Å². The molecule has 0 aliphatic rings. The Hall–Kier alpha value is -0.760. The number of halogens is 6. The maximum Gasteiger partial charge on any atom is 0.433 e. The number of alkyl halides is 5. The van der Waals surface area contributed by atoms with Crippen molar-refractivity contribution in [3.8, 4) is 0 Å². The van der Waals surface area contributed by atoms with Gasteiger partial charge in [0.2, 0.25) is 0 Å². The largest absolute Gasteiger partial charge is 0.433 e. The van der Waals surface area contributed by atoms with E-state index in [2.05, 4.69) is 20.9 Å². The molecule has 1 rings (SSSR count). The van der Waals surface area contributed by atoms with Gasteiger partial charge in [0.05, 0.1) is 5.56 Å². The van der Waals surface area contributed by atoms with Gasteiger partial charge in [-0.2, -0.15) is 13.2 Å². The van der Waals surface area contributed by atoms with Crippen LogP contribution in [-0.2, 0) is 12.7 Å². The van der Waals surface area contributed by atoms with E-state index in [1.54, 1.807) is 0 Å². The maximum absolute atomic E-state index is 12.4. The average molecular weight is 305 g/mol. The molecule has 0 saturated heterocycles. The first-order valence-electron chi connectivity index (χ1n) is 4.01. The molecule has 0 saturated carbocycles. The average Bonchev–Trinajstić information content (AvgIpc) is 2.15. The second-order valence-corrected chi connectivity index (χ2v) is 3.65. The Morgan fingerprint density at radius 3 is 2.31 bits per heavy atom. The molecule has 0 bridgehead atoms. The number of hydrogen-bond acceptors (Lipinski definition) is 2. The SMILES string of the molecule is NCc1c(C(F)(F)F)ncc(C(F)F)c1Br. The molecule has 0 unspecified atom stereocenters. The molecule has 0 amide bonds. The molecule has 16 heavy (non-hydrogen) atoms. The van der Waals surface area contributed by atoms with Gasteiger partial charge in [0.1, 0.15) is 5.69 Å². The summed E-state index contributed by atoms with van der Waals surface area (Å²) < 4.78 is 61.7. The van der Waals surface area contributed by atoms with Crippen molar-refractivity contribution >= 4 is 15.9 Å². The van der Waals surface area contributed by atoms with Gasteiger partial charge >= 0.3 is 6.18 Å². The van der Waals surface area contributed by atoms with Crippen LogP contribution < -0.4 is 5.73 Å². The molecule has 0 fully saturated rings. The highest BCUT2D eigenvalue weighted by molar-refractivity contribution is 9.10. The Kier molecular flexibility index (Phi) is 3.84. The lowest BCUT2D eigenvalue weighted by molar-refractivity contribution is -0.141. The third kappa shape index (κ3) is 2.49. The van der Waals surface area contributed by atoms with E-state index in [-0.39, 0.29) is 4.47 Å². The monoisotopic (exact) mass is 304 g/mol. The molecule has 0 radical (unpaired) electrons. The Balaban J connectivity index is 3.41. The number of nitrogens with two attached hydrogens (primary N) is 1. The van der Waals surface area contributed by atoms with E-state index in [0.29, 0.717) is 6.20 Å². The molecule has 2 N–H and O–H groups in total. The third-order valence-electron chi connectivity index (χ3n) is 1.84. The van der Waals surface area contributed by atoms with E-state index in [1.165, 1.54) is 0 Å². The summed E-state index contributed by atoms with van der Waals surface area (Å²) in [7, 11) is 0. The molecule has 0 aliphatic carbocycles. The van der Waals surface area contributed by atoms with E-state index in [9.17, 15) is 22.0 Å². The van der Waals surface area contributed by atoms with Crippen LogP contribution >= 0.6 is 15.9 Å². The van der Waals surface area contributed by atoms with Gasteiger partial charge in [-0.05, 0) is 15.9 Å². The lowest BCUT2D eigenvalue weighted by atomic mass is 10.1. The molecule has 90 valence electrons. The Bertz CT molecular complexity index is 391. The van der Waals surface area contributed by atoms with Gasteiger partial charge in [-0.1, -0.05) is 0 Å². The van der Waals surface area contributed by atoms with Gasteiger partial charge in [0.25, 0.3) is 6.43 Å². The molecular weight excluding hydrogens is 299 g/mol. The first kappa shape index (κ1) is 13.3. The number of rotatable bonds is 2. The van der Waals surface area contributed by atoms with Crippen LogP contribution in [-0.4, -0.2) is 4.98 Å². The predicted octanol–water partition coefficient (Wildman–Crippen LogP) is 3.26. The van der Waals surface area contributed by atoms with Gasteiger partial charge in [-0.25, -0.2) is 8.78 Å². The van der Waals surface area contributed by atoms with E-state index in [1.807, 2.05) is 0 Å². The van der Waals surface area contributed by atoms with Crippen LogP contribution in [0.15, 0.2) is 10.7 Å². The Labute approximate surface area is 95.8 Å². The highest BCUT2D eigenvalue weighted by Gasteiger charge is 2.36. The van der Waals surface area contributed by atoms with Crippen molar-refractivity contribution in [1.82, 2.24) is 4.98 Å². The quantitative estimate of drug-likeness (QED) is 0.852. The lowest BCUT2D eigenvalue weighted by Gasteiger charge is -2.14. The molecule has 8 heteroatoms. The van der Waals surface area contributed by atoms with Crippen molar-refractivity contribution in [2.24, 2.45) is 5.73 Å². The van der Waals surface area contributed by atoms with Gasteiger partial charge in [0, 0.05) is 22.8 Å². The van der Waals surface area contributed by atoms with Crippen molar-refractivity contribution in [2.75, 3.05) is 0 Å². The fraction of sp³-hybridized carbons (Fsp3) is 0.375. The fourth-order valence-electron chi connectivity index (χ4n) is 1.13. The molecule has 0 spiro atoms. The zero-order chi connectivity index (χ0) is 12.5. The van der Waals surface area contributed by atoms with Crippen LogP contribution in [0.1, 0.15) is 23.2 Å². The van der Waals surface area contributed by atoms with Crippen LogP contribution in [0.2, 0.25) is 0 Å². The van der Waals surface area contributed by atoms with Gasteiger partial charge in [0.15, 0.2) is 0 Å². The summed E-state index contributed by atoms with van der Waals surface area (Å²) >= 11 is 2.69. The normalized spacial score (nSPS) is 12.2. The Morgan fingerprint density at radius 1 is 1.38 bits per heavy atom. The second-order valence-electron chi connectivity index (χ2n) is 2.86. The van der Waals surface area contributed by atoms with Gasteiger partial charge < -0.3 is 5.73 Å². The molecule has 1 aromatic rings. The summed E-state index contributed by atoms with van der Waals surface area (Å²) in [4.78, 5) is 2.99. The smallest absolute Gasteiger partial charge is 0.326 e. The summed E-state index contributed by atoms with van der Waals surface area (Å²) in [6.07, 6.45) is -7.12. The number of aromatic nitrogens is 1. The first-order valence-corrected chi connectivity index (χ1v) is 4.81. The zero-order valence-corrected chi connectivity index (χ0v) is 9.24. The van der Waals surface area contributed by atoms with Crippen LogP contribution in [0.25, 0.3) is 0 Å². The molecule has 0 atom stereocenters. The third-order valence-corrected chi connectivity index (χ3v) is 2.78. The number of nitrogens with zero attached hydrogens (tertiary/aromatic N) is 1. The van der Waals surface area contributed by atoms with E-state index in [0.717, 1.165) is 0 Å². The molecule has 1 aromatic heterocycles. The van der Waals surface area contributed by atoms with Crippen LogP contribution in [0.3, 0.4) is 0 Å². The van der Waals surface area contributed by atoms with Crippen molar-refractivity contribution in [2.45, 2.75) is 19.1 Å². The zero-order valence-electron chi connectivity index (χ0n) is 7.65. The van der Waals surface area contributed by atoms with E-state index < -0.39 is 36.0 Å². The molecule has 0 aliphatic heterocycles. The van der Waals surface area contributed by atoms with Crippen molar-refractivity contribution in [1.29, 1.82) is 0 Å². The summed E-state index contributed by atoms with van der Waals surface area (Å²) in [5.41, 5.74) is 2.79. The predicted molar refractivity (Wildman–Crippen MR) is 49.8 cm³/mol. The Morgan fingerprint density at radius 2 is 1.94 bits per heavy atom. The first-order chi connectivity index (χ1) is 7.29. The topological polar surface area (TPSA) is 38.9 Å². The highest BCUT2D eigenvalue weighted by Crippen LogP contribution is 2.37. The molecule has 0 aromatic carbocycles. The maximum atomic E-state index is 12.4. The van der Waals surface area contributed by atoms with Crippen molar-refractivity contribution in [3.63, 3.8) is 0 Å². The van der Waals surface area contributed by atoms with Crippen LogP contribution in [0, 0.1) is 0 Å². The molecule has 2 nitrogen and oxygen atoms in total. The minimum absolute atomic E-state index is 0.340. The van der Waals surface area contributed by atoms with E-state index >= 15 is 0 Å². The van der Waals surface area contributed by atoms with Crippen LogP contribution in [0.4, 0.5) is 22.0 Å². The van der Waals surface area contributed by atoms with Gasteiger partial charge in [-0.3, -0.25) is 4.98 Å². The summed E-state index contributed by atoms with van der Waals surface area (Å²) in [5, 5.41) is 0. The van der Waals surface area contributed by atoms with Crippen molar-refractivity contribution in [3.05, 3.63) is 27.5 Å². The standard InChI is InChI=1S/C8H6BrF5N2/c9-5-3(1-15)6(8(12,13)14)16-2-4(5)7(10)11/h2,7H,1,15H2. The number of pyridine rings is 1. The minimum Gasteiger partial charge on any atom is -0.326 e. The molecule has 1 heterocycles. The lowest BCUT2D eigenvalue weighted by Crippen LogP contribution is -2.16. The minimum atomic E-state index is -4.71. The highest BCUT2D eigenvalue weighted by atomic mass is 79.9. The van der Waals surface area contributed by atoms with E-state index in [4.69, 9.17) is 5.73 Å². The number of hydrogen-bond donors (Lipinski definition) is 1. The van der Waals surface area contributed by atoms with Gasteiger partial charge in [-0.15, -0.1) is 0 Å². The summed E-state index contributed by atoms with van der Waals surface area (Å²) in [6, 6.07) is 0. The van der Waals surface area contributed by atoms with Crippen LogP contribution in [0.5, 0.6) is 0 Å². The fourth-order valence-corrected chi connectivity index (χ4v) is 1.75. The summed E-state index contributed by atoms with van der Waals surface area (Å²) in [5.74, 6) is 0. The second kappa shape index (κ2) is 4.62. The molecular formula is C8H6BrF5N2.